The van der Waals surface area contributed by atoms with Gasteiger partial charge in [-0.25, -0.2) is 9.83 Å². The first-order chi connectivity index (χ1) is 49.0. The SMILES string of the molecule is [C-]#[N+]/C(c1cnc2cc(Cl)c(Cl)cc2n1)=c1\c2c(-c3cccc(OCC(CCCCCCCC)CCCCCCCC)c3)n(B(c3ccccc3)c3ccccc3)/c(=C(/C#N)c3cnc4cc(Cl)c(Cl)cc4n3)c2c(-c2cccc(OCC(C)C)c2)n1B(c1ccccc1)c1ccccc1. The van der Waals surface area contributed by atoms with E-state index in [0.29, 0.717) is 106 Å². The van der Waals surface area contributed by atoms with Crippen LogP contribution in [-0.4, -0.2) is 55.8 Å². The van der Waals surface area contributed by atoms with Crippen LogP contribution in [0.2, 0.25) is 20.1 Å². The number of ether oxygens (including phenoxy) is 2. The zero-order valence-electron chi connectivity index (χ0n) is 57.2. The number of hydrogen-bond acceptors (Lipinski definition) is 7. The van der Waals surface area contributed by atoms with E-state index >= 15 is 0 Å². The van der Waals surface area contributed by atoms with E-state index in [4.69, 9.17) is 80.7 Å². The van der Waals surface area contributed by atoms with E-state index in [0.717, 1.165) is 58.7 Å². The quantitative estimate of drug-likeness (QED) is 0.0251. The summed E-state index contributed by atoms with van der Waals surface area (Å²) < 4.78 is 18.5. The van der Waals surface area contributed by atoms with E-state index in [2.05, 4.69) is 128 Å². The molecule has 0 amide bonds. The Morgan fingerprint density at radius 2 is 0.870 bits per heavy atom. The summed E-state index contributed by atoms with van der Waals surface area (Å²) in [5.74, 6) is 1.89. The largest absolute Gasteiger partial charge is 0.493 e. The van der Waals surface area contributed by atoms with Gasteiger partial charge in [-0.1, -0.05) is 319 Å². The smallest absolute Gasteiger partial charge is 0.328 e. The lowest BCUT2D eigenvalue weighted by molar-refractivity contribution is 0.224. The summed E-state index contributed by atoms with van der Waals surface area (Å²) in [4.78, 5) is 25.4. The maximum absolute atomic E-state index is 12.7. The lowest BCUT2D eigenvalue weighted by Crippen LogP contribution is -2.54. The van der Waals surface area contributed by atoms with E-state index in [1.807, 2.05) is 84.9 Å². The van der Waals surface area contributed by atoms with Gasteiger partial charge in [0.15, 0.2) is 0 Å². The second kappa shape index (κ2) is 33.8. The van der Waals surface area contributed by atoms with Crippen LogP contribution in [0.1, 0.15) is 129 Å². The standard InChI is InChI=1S/C84H80B2Cl4N8O2/c1-6-8-10-12-14-20-32-58(33-21-15-13-11-9-7-2)56-100-66-45-31-35-60(47-66)82-79-78(83(67(52-91)76-53-93-72-48-68(87)70(89)50-74(72)95-76)97(82)85(61-36-22-16-23-37-61)62-38-24-17-25-39-62)81(59-34-30-44-65(46-59)99-55-57(3)4)98(86(63-40-26-18-27-41-63)64-42-28-19-29-43-64)84(79)80(92-5)77-54-94-73-49-69(88)71(90)51-75(73)96-77/h16-19,22-31,34-51,53-54,57-58H,6-15,20-21,32-33,55-56H2,1-4H3/b83-67-,84-80+. The van der Waals surface area contributed by atoms with Crippen LogP contribution in [0.3, 0.4) is 0 Å². The highest BCUT2D eigenvalue weighted by atomic mass is 35.5. The molecule has 0 aliphatic heterocycles. The van der Waals surface area contributed by atoms with Crippen LogP contribution in [0.15, 0.2) is 207 Å². The molecule has 0 unspecified atom stereocenters. The normalized spacial score (nSPS) is 12.1. The van der Waals surface area contributed by atoms with Gasteiger partial charge in [-0.15, -0.1) is 0 Å². The number of rotatable bonds is 30. The molecule has 4 heterocycles. The zero-order valence-corrected chi connectivity index (χ0v) is 60.2. The third-order valence-electron chi connectivity index (χ3n) is 18.7. The molecule has 100 heavy (non-hydrogen) atoms. The monoisotopic (exact) mass is 1390 g/mol. The molecule has 502 valence electrons. The van der Waals surface area contributed by atoms with Crippen molar-refractivity contribution in [1.82, 2.24) is 28.9 Å². The Morgan fingerprint density at radius 1 is 0.480 bits per heavy atom. The van der Waals surface area contributed by atoms with Crippen LogP contribution in [0, 0.1) is 29.7 Å². The Bertz CT molecular complexity index is 4830. The lowest BCUT2D eigenvalue weighted by atomic mass is 9.50. The maximum Gasteiger partial charge on any atom is 0.328 e. The molecule has 0 aliphatic carbocycles. The highest BCUT2D eigenvalue weighted by molar-refractivity contribution is 6.85. The molecule has 8 aromatic carbocycles. The van der Waals surface area contributed by atoms with Gasteiger partial charge in [-0.2, -0.15) is 5.26 Å². The molecule has 10 nitrogen and oxygen atoms in total. The Hall–Kier alpha value is -9.13. The Balaban J connectivity index is 1.30. The molecule has 0 saturated carbocycles. The van der Waals surface area contributed by atoms with Crippen molar-refractivity contribution in [1.29, 1.82) is 5.26 Å². The molecule has 0 radical (unpaired) electrons. The topological polar surface area (TPSA) is 108 Å². The van der Waals surface area contributed by atoms with Crippen molar-refractivity contribution >= 4 is 126 Å². The number of unbranched alkanes of at least 4 members (excludes halogenated alkanes) is 10. The Labute approximate surface area is 608 Å². The fraction of sp³-hybridized carbons (Fsp3) is 0.262. The average Bonchev–Trinajstić information content (AvgIpc) is 1.52. The number of nitrogens with zero attached hydrogens (tertiary/aromatic N) is 8. The first-order valence-electron chi connectivity index (χ1n) is 35.2. The summed E-state index contributed by atoms with van der Waals surface area (Å²) in [6.45, 7) is 18.3. The van der Waals surface area contributed by atoms with Gasteiger partial charge in [0.1, 0.15) is 28.8 Å². The number of fused-ring (bicyclic) bond motifs is 3. The molecule has 0 N–H and O–H groups in total. The van der Waals surface area contributed by atoms with E-state index in [-0.39, 0.29) is 28.6 Å². The van der Waals surface area contributed by atoms with E-state index in [9.17, 15) is 11.8 Å². The number of aromatic nitrogens is 6. The van der Waals surface area contributed by atoms with Crippen LogP contribution >= 0.6 is 46.4 Å². The first kappa shape index (κ1) is 70.7. The second-order valence-corrected chi connectivity index (χ2v) is 28.0. The van der Waals surface area contributed by atoms with Crippen LogP contribution in [-0.2, 0) is 0 Å². The van der Waals surface area contributed by atoms with E-state index < -0.39 is 13.7 Å². The molecule has 0 aliphatic rings. The van der Waals surface area contributed by atoms with Crippen LogP contribution < -0.4 is 42.0 Å². The zero-order chi connectivity index (χ0) is 69.5. The van der Waals surface area contributed by atoms with Crippen molar-refractivity contribution in [2.45, 2.75) is 118 Å². The van der Waals surface area contributed by atoms with Crippen LogP contribution in [0.5, 0.6) is 11.5 Å². The van der Waals surface area contributed by atoms with Crippen molar-refractivity contribution in [3.05, 3.63) is 260 Å². The summed E-state index contributed by atoms with van der Waals surface area (Å²) in [6.07, 6.45) is 20.2. The number of hydrogen-bond donors (Lipinski definition) is 0. The molecule has 0 saturated heterocycles. The molecule has 12 aromatic rings. The number of benzene rings is 8. The molecular weight excluding hydrogens is 1320 g/mol. The third kappa shape index (κ3) is 16.0. The maximum atomic E-state index is 12.7. The van der Waals surface area contributed by atoms with E-state index in [1.54, 1.807) is 36.7 Å². The van der Waals surface area contributed by atoms with Gasteiger partial charge < -0.3 is 18.4 Å². The summed E-state index contributed by atoms with van der Waals surface area (Å²) in [5.41, 5.74) is 9.38. The van der Waals surface area contributed by atoms with Gasteiger partial charge in [-0.05, 0) is 73.2 Å². The summed E-state index contributed by atoms with van der Waals surface area (Å²) in [5, 5.41) is 16.2. The van der Waals surface area contributed by atoms with Crippen molar-refractivity contribution < 1.29 is 9.47 Å². The first-order valence-corrected chi connectivity index (χ1v) is 36.7. The fourth-order valence-corrected chi connectivity index (χ4v) is 14.5. The molecule has 16 heteroatoms. The highest BCUT2D eigenvalue weighted by Gasteiger charge is 2.38. The Morgan fingerprint density at radius 3 is 1.30 bits per heavy atom. The van der Waals surface area contributed by atoms with Crippen molar-refractivity contribution in [3.63, 3.8) is 0 Å². The van der Waals surface area contributed by atoms with Crippen LogP contribution in [0.25, 0.3) is 71.5 Å². The number of nitriles is 1. The third-order valence-corrected chi connectivity index (χ3v) is 20.2. The Kier molecular flexibility index (Phi) is 23.9. The molecule has 0 bridgehead atoms. The minimum Gasteiger partial charge on any atom is -0.493 e. The lowest BCUT2D eigenvalue weighted by Gasteiger charge is -2.25. The highest BCUT2D eigenvalue weighted by Crippen LogP contribution is 2.39. The second-order valence-electron chi connectivity index (χ2n) is 26.4. The van der Waals surface area contributed by atoms with Crippen molar-refractivity contribution in [3.8, 4) is 40.1 Å². The van der Waals surface area contributed by atoms with Gasteiger partial charge in [0.25, 0.3) is 0 Å². The van der Waals surface area contributed by atoms with Gasteiger partial charge in [0.2, 0.25) is 5.70 Å². The van der Waals surface area contributed by atoms with Crippen molar-refractivity contribution in [2.24, 2.45) is 11.8 Å². The van der Waals surface area contributed by atoms with Crippen molar-refractivity contribution in [2.75, 3.05) is 13.2 Å². The number of halogens is 4. The minimum absolute atomic E-state index is 0.178. The van der Waals surface area contributed by atoms with Gasteiger partial charge in [-0.3, -0.25) is 15.0 Å². The van der Waals surface area contributed by atoms with Gasteiger partial charge in [0, 0.05) is 44.8 Å². The molecule has 0 fully saturated rings. The molecule has 0 atom stereocenters. The summed E-state index contributed by atoms with van der Waals surface area (Å²) in [6, 6.07) is 67.6. The molecule has 0 spiro atoms. The summed E-state index contributed by atoms with van der Waals surface area (Å²) in [7, 11) is 0. The predicted octanol–water partition coefficient (Wildman–Crippen LogP) is 18.9. The molecule has 4 aromatic heterocycles. The molecule has 12 rings (SSSR count). The van der Waals surface area contributed by atoms with Gasteiger partial charge in [0.05, 0.1) is 79.2 Å². The van der Waals surface area contributed by atoms with Gasteiger partial charge >= 0.3 is 13.7 Å². The van der Waals surface area contributed by atoms with Crippen LogP contribution in [0.4, 0.5) is 0 Å². The predicted molar refractivity (Wildman–Crippen MR) is 418 cm³/mol. The average molecular weight is 1400 g/mol. The molecular formula is C84H80B2Cl4N8O2. The summed E-state index contributed by atoms with van der Waals surface area (Å²) >= 11 is 27.1. The fourth-order valence-electron chi connectivity index (χ4n) is 13.9. The minimum atomic E-state index is -0.661. The van der Waals surface area contributed by atoms with E-state index in [1.165, 1.54) is 64.2 Å².